The summed E-state index contributed by atoms with van der Waals surface area (Å²) in [6, 6.07) is 5.19. The van der Waals surface area contributed by atoms with Gasteiger partial charge in [0.15, 0.2) is 5.75 Å². The van der Waals surface area contributed by atoms with Gasteiger partial charge < -0.3 is 4.74 Å². The Morgan fingerprint density at radius 1 is 1.24 bits per heavy atom. The molecule has 2 aromatic carbocycles. The maximum absolute atomic E-state index is 12.9. The molecule has 0 atom stereocenters. The second kappa shape index (κ2) is 9.95. The number of carbonyl (C=O) groups excluding carboxylic acids is 1. The lowest BCUT2D eigenvalue weighted by Gasteiger charge is -2.13. The molecule has 6 nitrogen and oxygen atoms in total. The molecular weight excluding hydrogens is 613 g/mol. The number of thiocarbonyl (C=S) groups is 1. The van der Waals surface area contributed by atoms with E-state index in [1.54, 1.807) is 24.3 Å². The molecule has 0 spiro atoms. The molecule has 2 aromatic rings. The van der Waals surface area contributed by atoms with E-state index in [0.717, 1.165) is 17.8 Å². The Morgan fingerprint density at radius 2 is 1.88 bits per heavy atom. The molecule has 0 radical (unpaired) electrons. The third-order valence-corrected chi connectivity index (χ3v) is 6.75. The van der Waals surface area contributed by atoms with Crippen molar-refractivity contribution in [3.05, 3.63) is 78.1 Å². The quantitative estimate of drug-likeness (QED) is 0.110. The van der Waals surface area contributed by atoms with E-state index in [4.69, 9.17) is 17.0 Å². The number of ether oxygens (including phenoxy) is 1. The molecule has 1 heterocycles. The second-order valence-corrected chi connectivity index (χ2v) is 9.82. The summed E-state index contributed by atoms with van der Waals surface area (Å²) in [7, 11) is 0. The Hall–Kier alpha value is -2.22. The Balaban J connectivity index is 1.94. The lowest BCUT2D eigenvalue weighted by molar-refractivity contribution is -0.385. The maximum atomic E-state index is 12.9. The van der Waals surface area contributed by atoms with Crippen molar-refractivity contribution in [3.63, 3.8) is 0 Å². The second-order valence-electron chi connectivity index (χ2n) is 6.43. The largest absolute Gasteiger partial charge is 0.448 e. The number of nitrogens with zero attached hydrogens (tertiary/aromatic N) is 2. The van der Waals surface area contributed by atoms with Crippen LogP contribution in [0.25, 0.3) is 6.08 Å². The minimum absolute atomic E-state index is 0.106. The highest BCUT2D eigenvalue weighted by molar-refractivity contribution is 9.11. The van der Waals surface area contributed by atoms with Gasteiger partial charge >= 0.3 is 11.9 Å². The van der Waals surface area contributed by atoms with Gasteiger partial charge in [-0.25, -0.2) is 0 Å². The van der Waals surface area contributed by atoms with E-state index in [1.165, 1.54) is 4.90 Å². The summed E-state index contributed by atoms with van der Waals surface area (Å²) in [4.78, 5) is 24.7. The minimum Gasteiger partial charge on any atom is -0.448 e. The highest BCUT2D eigenvalue weighted by Crippen LogP contribution is 2.43. The highest BCUT2D eigenvalue weighted by atomic mass is 79.9. The lowest BCUT2D eigenvalue weighted by atomic mass is 10.1. The fourth-order valence-corrected chi connectivity index (χ4v) is 5.39. The minimum atomic E-state index is -4.74. The molecule has 1 aliphatic heterocycles. The molecule has 33 heavy (non-hydrogen) atoms. The Morgan fingerprint density at radius 3 is 2.42 bits per heavy atom. The molecule has 0 N–H and O–H groups in total. The van der Waals surface area contributed by atoms with Crippen LogP contribution in [0.1, 0.15) is 11.1 Å². The van der Waals surface area contributed by atoms with E-state index in [9.17, 15) is 28.1 Å². The summed E-state index contributed by atoms with van der Waals surface area (Å²) in [5.74, 6) is -0.528. The summed E-state index contributed by atoms with van der Waals surface area (Å²) in [5, 5.41) is 11.3. The van der Waals surface area contributed by atoms with Crippen molar-refractivity contribution in [2.24, 2.45) is 0 Å². The van der Waals surface area contributed by atoms with Crippen molar-refractivity contribution in [1.29, 1.82) is 0 Å². The number of rotatable bonds is 6. The third kappa shape index (κ3) is 5.65. The number of nitro groups is 1. The fourth-order valence-electron chi connectivity index (χ4n) is 2.73. The van der Waals surface area contributed by atoms with Crippen molar-refractivity contribution < 1.29 is 27.6 Å². The van der Waals surface area contributed by atoms with Crippen molar-refractivity contribution in [1.82, 2.24) is 4.90 Å². The van der Waals surface area contributed by atoms with Gasteiger partial charge in [-0.3, -0.25) is 19.8 Å². The predicted molar refractivity (Wildman–Crippen MR) is 130 cm³/mol. The van der Waals surface area contributed by atoms with Crippen LogP contribution in [0.15, 0.2) is 56.8 Å². The SMILES string of the molecule is C=CCN1C(=O)/C(=C\c2cc(Br)c(Oc3ccc(C(F)(F)F)cc3[N+](=O)[O-])c(Br)c2)SC1=S. The van der Waals surface area contributed by atoms with Crippen LogP contribution in [0, 0.1) is 10.1 Å². The van der Waals surface area contributed by atoms with Crippen LogP contribution in [-0.4, -0.2) is 26.6 Å². The van der Waals surface area contributed by atoms with Gasteiger partial charge in [0.25, 0.3) is 5.91 Å². The molecule has 1 fully saturated rings. The monoisotopic (exact) mass is 622 g/mol. The van der Waals surface area contributed by atoms with Crippen molar-refractivity contribution in [2.45, 2.75) is 6.18 Å². The molecule has 0 aliphatic carbocycles. The van der Waals surface area contributed by atoms with E-state index in [0.29, 0.717) is 35.9 Å². The molecular formula is C20H11Br2F3N2O4S2. The van der Waals surface area contributed by atoms with Gasteiger partial charge in [0.1, 0.15) is 4.32 Å². The van der Waals surface area contributed by atoms with Gasteiger partial charge in [0, 0.05) is 12.6 Å². The van der Waals surface area contributed by atoms with E-state index >= 15 is 0 Å². The average Bonchev–Trinajstić information content (AvgIpc) is 2.97. The number of alkyl halides is 3. The molecule has 1 saturated heterocycles. The summed E-state index contributed by atoms with van der Waals surface area (Å²) >= 11 is 12.9. The van der Waals surface area contributed by atoms with Gasteiger partial charge in [-0.2, -0.15) is 13.2 Å². The first-order chi connectivity index (χ1) is 15.4. The number of hydrogen-bond acceptors (Lipinski definition) is 6. The molecule has 0 bridgehead atoms. The van der Waals surface area contributed by atoms with Crippen LogP contribution in [0.3, 0.4) is 0 Å². The van der Waals surface area contributed by atoms with Gasteiger partial charge in [-0.1, -0.05) is 30.1 Å². The number of carbonyl (C=O) groups is 1. The number of hydrogen-bond donors (Lipinski definition) is 0. The van der Waals surface area contributed by atoms with Crippen LogP contribution in [0.4, 0.5) is 18.9 Å². The molecule has 0 unspecified atom stereocenters. The highest BCUT2D eigenvalue weighted by Gasteiger charge is 2.34. The summed E-state index contributed by atoms with van der Waals surface area (Å²) in [5.41, 5.74) is -1.41. The van der Waals surface area contributed by atoms with Crippen molar-refractivity contribution >= 4 is 77.8 Å². The zero-order valence-electron chi connectivity index (χ0n) is 16.2. The zero-order valence-corrected chi connectivity index (χ0v) is 21.0. The van der Waals surface area contributed by atoms with E-state index in [-0.39, 0.29) is 24.0 Å². The molecule has 1 amide bonds. The topological polar surface area (TPSA) is 72.7 Å². The smallest absolute Gasteiger partial charge is 0.416 e. The van der Waals surface area contributed by atoms with Crippen LogP contribution < -0.4 is 4.74 Å². The molecule has 172 valence electrons. The number of amides is 1. The van der Waals surface area contributed by atoms with Crippen molar-refractivity contribution in [3.8, 4) is 11.5 Å². The molecule has 13 heteroatoms. The van der Waals surface area contributed by atoms with Crippen molar-refractivity contribution in [2.75, 3.05) is 6.54 Å². The van der Waals surface area contributed by atoms with E-state index in [2.05, 4.69) is 38.4 Å². The number of benzene rings is 2. The summed E-state index contributed by atoms with van der Waals surface area (Å²) in [6.07, 6.45) is -1.56. The van der Waals surface area contributed by atoms with E-state index in [1.807, 2.05) is 0 Å². The lowest BCUT2D eigenvalue weighted by Crippen LogP contribution is -2.27. The molecule has 1 aliphatic rings. The van der Waals surface area contributed by atoms with Gasteiger partial charge in [0.2, 0.25) is 5.75 Å². The van der Waals surface area contributed by atoms with Gasteiger partial charge in [-0.05, 0) is 67.8 Å². The summed E-state index contributed by atoms with van der Waals surface area (Å²) in [6.45, 7) is 3.88. The fraction of sp³-hybridized carbons (Fsp3) is 0.100. The first kappa shape index (κ1) is 25.4. The first-order valence-corrected chi connectivity index (χ1v) is 11.6. The normalized spacial score (nSPS) is 15.3. The summed E-state index contributed by atoms with van der Waals surface area (Å²) < 4.78 is 45.4. The Bertz CT molecular complexity index is 1200. The molecule has 0 aromatic heterocycles. The van der Waals surface area contributed by atoms with Gasteiger partial charge in [-0.15, -0.1) is 6.58 Å². The third-order valence-electron chi connectivity index (χ3n) is 4.20. The number of thioether (sulfide) groups is 1. The van der Waals surface area contributed by atoms with Crippen LogP contribution >= 0.6 is 55.8 Å². The van der Waals surface area contributed by atoms with E-state index < -0.39 is 22.4 Å². The first-order valence-electron chi connectivity index (χ1n) is 8.81. The Labute approximate surface area is 211 Å². The van der Waals surface area contributed by atoms with Crippen LogP contribution in [-0.2, 0) is 11.0 Å². The average molecular weight is 624 g/mol. The molecule has 3 rings (SSSR count). The standard InChI is InChI=1S/C20H11Br2F3N2O4S2/c1-2-5-26-18(28)16(33-19(26)32)8-10-6-12(21)17(13(22)7-10)31-15-4-3-11(20(23,24)25)9-14(15)27(29)30/h2-4,6-9H,1,5H2/b16-8+. The molecule has 0 saturated carbocycles. The number of nitro benzene ring substituents is 1. The predicted octanol–water partition coefficient (Wildman–Crippen LogP) is 7.32. The van der Waals surface area contributed by atoms with Crippen LogP contribution in [0.5, 0.6) is 11.5 Å². The number of halogens is 5. The zero-order chi connectivity index (χ0) is 24.5. The van der Waals surface area contributed by atoms with Crippen LogP contribution in [0.2, 0.25) is 0 Å². The van der Waals surface area contributed by atoms with Gasteiger partial charge in [0.05, 0.1) is 24.3 Å². The Kier molecular flexibility index (Phi) is 7.66. The maximum Gasteiger partial charge on any atom is 0.416 e.